The highest BCUT2D eigenvalue weighted by molar-refractivity contribution is 7.14. The average molecular weight is 572 g/mol. The van der Waals surface area contributed by atoms with Gasteiger partial charge in [0.2, 0.25) is 0 Å². The maximum absolute atomic E-state index is 15.0. The largest absolute Gasteiger partial charge is 0.444 e. The van der Waals surface area contributed by atoms with Gasteiger partial charge in [-0.05, 0) is 46.1 Å². The van der Waals surface area contributed by atoms with E-state index in [0.29, 0.717) is 23.2 Å². The number of aromatic nitrogens is 3. The zero-order valence-electron chi connectivity index (χ0n) is 21.8. The number of nitrogens with one attached hydrogen (secondary N) is 2. The molecule has 0 bridgehead atoms. The molecule has 2 N–H and O–H groups in total. The quantitative estimate of drug-likeness (QED) is 0.366. The molecular formula is C25H29F4N5O4S. The van der Waals surface area contributed by atoms with Crippen molar-refractivity contribution in [2.75, 3.05) is 0 Å². The Labute approximate surface area is 225 Å². The maximum Gasteiger partial charge on any atom is 0.407 e. The molecule has 14 heteroatoms. The van der Waals surface area contributed by atoms with Crippen LogP contribution in [0.5, 0.6) is 5.75 Å². The first-order chi connectivity index (χ1) is 18.3. The standard InChI is InChI=1S/C25H29F4N5O4S/c1-5-17-14(15-11-31-34-12-13(37-22(26)27)10-30-20(15)34)9-18(39-17)21(35)33-19-16(7-6-8-25(19,28)29)32-23(36)38-24(2,3)4/h9-12,16,19,22H,5-8H2,1-4H3,(H,32,36)(H,33,35)/t16-,19-/m1/s1. The van der Waals surface area contributed by atoms with Gasteiger partial charge < -0.3 is 20.1 Å². The monoisotopic (exact) mass is 571 g/mol. The number of fused-ring (bicyclic) bond motifs is 1. The van der Waals surface area contributed by atoms with Gasteiger partial charge in [-0.15, -0.1) is 11.3 Å². The van der Waals surface area contributed by atoms with Gasteiger partial charge >= 0.3 is 12.7 Å². The first-order valence-electron chi connectivity index (χ1n) is 12.4. The van der Waals surface area contributed by atoms with Gasteiger partial charge in [-0.25, -0.2) is 23.1 Å². The molecule has 1 aliphatic rings. The van der Waals surface area contributed by atoms with Crippen molar-refractivity contribution in [3.63, 3.8) is 0 Å². The molecule has 1 saturated carbocycles. The molecule has 9 nitrogen and oxygen atoms in total. The smallest absolute Gasteiger partial charge is 0.407 e. The summed E-state index contributed by atoms with van der Waals surface area (Å²) in [4.78, 5) is 30.7. The fourth-order valence-electron chi connectivity index (χ4n) is 4.45. The molecule has 0 radical (unpaired) electrons. The second kappa shape index (κ2) is 11.0. The summed E-state index contributed by atoms with van der Waals surface area (Å²) in [5.41, 5.74) is 0.695. The lowest BCUT2D eigenvalue weighted by Gasteiger charge is -2.38. The number of ether oxygens (including phenoxy) is 2. The van der Waals surface area contributed by atoms with E-state index in [-0.39, 0.29) is 23.5 Å². The third kappa shape index (κ3) is 6.60. The Morgan fingerprint density at radius 1 is 1.23 bits per heavy atom. The minimum absolute atomic E-state index is 0.170. The number of thiophene rings is 1. The van der Waals surface area contributed by atoms with Crippen molar-refractivity contribution in [3.8, 4) is 16.9 Å². The van der Waals surface area contributed by atoms with Crippen LogP contribution in [0.2, 0.25) is 0 Å². The molecule has 2 amide bonds. The van der Waals surface area contributed by atoms with E-state index < -0.39 is 48.6 Å². The predicted octanol–water partition coefficient (Wildman–Crippen LogP) is 5.43. The van der Waals surface area contributed by atoms with Gasteiger partial charge in [0, 0.05) is 22.4 Å². The predicted molar refractivity (Wildman–Crippen MR) is 136 cm³/mol. The van der Waals surface area contributed by atoms with Crippen LogP contribution in [0.4, 0.5) is 22.4 Å². The van der Waals surface area contributed by atoms with Crippen molar-refractivity contribution < 1.29 is 36.6 Å². The fourth-order valence-corrected chi connectivity index (χ4v) is 5.47. The van der Waals surface area contributed by atoms with Crippen LogP contribution >= 0.6 is 11.3 Å². The zero-order chi connectivity index (χ0) is 28.5. The number of carbonyl (C=O) groups excluding carboxylic acids is 2. The molecule has 212 valence electrons. The van der Waals surface area contributed by atoms with E-state index in [0.717, 1.165) is 22.4 Å². The second-order valence-corrected chi connectivity index (χ2v) is 11.3. The zero-order valence-corrected chi connectivity index (χ0v) is 22.6. The Balaban J connectivity index is 1.58. The van der Waals surface area contributed by atoms with Gasteiger partial charge in [0.15, 0.2) is 11.4 Å². The van der Waals surface area contributed by atoms with Gasteiger partial charge in [0.05, 0.1) is 29.5 Å². The molecule has 3 heterocycles. The highest BCUT2D eigenvalue weighted by Crippen LogP contribution is 2.37. The summed E-state index contributed by atoms with van der Waals surface area (Å²) < 4.78 is 65.9. The molecule has 3 aromatic heterocycles. The third-order valence-electron chi connectivity index (χ3n) is 6.07. The Bertz CT molecular complexity index is 1350. The van der Waals surface area contributed by atoms with Crippen molar-refractivity contribution in [2.45, 2.75) is 83.6 Å². The number of nitrogens with zero attached hydrogens (tertiary/aromatic N) is 3. The van der Waals surface area contributed by atoms with Crippen molar-refractivity contribution in [3.05, 3.63) is 34.4 Å². The molecule has 0 unspecified atom stereocenters. The van der Waals surface area contributed by atoms with Crippen LogP contribution in [0.25, 0.3) is 16.8 Å². The molecule has 0 spiro atoms. The van der Waals surface area contributed by atoms with E-state index in [4.69, 9.17) is 4.74 Å². The number of hydrogen-bond donors (Lipinski definition) is 2. The molecule has 1 fully saturated rings. The number of alkyl carbamates (subject to hydrolysis) is 1. The van der Waals surface area contributed by atoms with E-state index in [1.807, 2.05) is 6.92 Å². The highest BCUT2D eigenvalue weighted by Gasteiger charge is 2.48. The maximum atomic E-state index is 15.0. The van der Waals surface area contributed by atoms with Gasteiger partial charge in [-0.3, -0.25) is 4.79 Å². The van der Waals surface area contributed by atoms with Gasteiger partial charge in [-0.2, -0.15) is 13.9 Å². The summed E-state index contributed by atoms with van der Waals surface area (Å²) in [5, 5.41) is 9.09. The van der Waals surface area contributed by atoms with Crippen LogP contribution < -0.4 is 15.4 Å². The van der Waals surface area contributed by atoms with E-state index in [1.165, 1.54) is 16.9 Å². The molecule has 0 aliphatic heterocycles. The number of hydrogen-bond acceptors (Lipinski definition) is 7. The van der Waals surface area contributed by atoms with Crippen molar-refractivity contribution in [1.82, 2.24) is 25.2 Å². The van der Waals surface area contributed by atoms with Crippen LogP contribution in [-0.4, -0.2) is 56.8 Å². The molecule has 39 heavy (non-hydrogen) atoms. The highest BCUT2D eigenvalue weighted by atomic mass is 32.1. The van der Waals surface area contributed by atoms with Gasteiger partial charge in [-0.1, -0.05) is 6.92 Å². The lowest BCUT2D eigenvalue weighted by Crippen LogP contribution is -2.62. The number of rotatable bonds is 7. The van der Waals surface area contributed by atoms with Crippen molar-refractivity contribution in [1.29, 1.82) is 0 Å². The summed E-state index contributed by atoms with van der Waals surface area (Å²) in [5.74, 6) is -4.12. The van der Waals surface area contributed by atoms with Crippen molar-refractivity contribution >= 4 is 29.0 Å². The first kappa shape index (κ1) is 28.6. The van der Waals surface area contributed by atoms with Crippen LogP contribution in [-0.2, 0) is 11.2 Å². The Kier molecular flexibility index (Phi) is 8.05. The summed E-state index contributed by atoms with van der Waals surface area (Å²) >= 11 is 1.14. The topological polar surface area (TPSA) is 107 Å². The third-order valence-corrected chi connectivity index (χ3v) is 7.35. The number of alkyl halides is 4. The SMILES string of the molecule is CCc1sc(C(=O)N[C@@H]2[C@H](NC(=O)OC(C)(C)C)CCCC2(F)F)cc1-c1cnn2cc(OC(F)F)cnc12. The van der Waals surface area contributed by atoms with E-state index in [2.05, 4.69) is 25.5 Å². The molecular weight excluding hydrogens is 542 g/mol. The molecule has 0 saturated heterocycles. The normalized spacial score (nSPS) is 19.2. The Morgan fingerprint density at radius 2 is 1.97 bits per heavy atom. The van der Waals surface area contributed by atoms with Crippen molar-refractivity contribution in [2.24, 2.45) is 0 Å². The fraction of sp³-hybridized carbons (Fsp3) is 0.520. The van der Waals surface area contributed by atoms with Gasteiger partial charge in [0.25, 0.3) is 11.8 Å². The van der Waals surface area contributed by atoms with Gasteiger partial charge in [0.1, 0.15) is 11.6 Å². The van der Waals surface area contributed by atoms with Crippen LogP contribution in [0.1, 0.15) is 61.5 Å². The average Bonchev–Trinajstić information content (AvgIpc) is 3.43. The van der Waals surface area contributed by atoms with Crippen LogP contribution in [0.3, 0.4) is 0 Å². The molecule has 4 rings (SSSR count). The summed E-state index contributed by atoms with van der Waals surface area (Å²) in [6, 6.07) is -1.09. The first-order valence-corrected chi connectivity index (χ1v) is 13.2. The number of amides is 2. The van der Waals surface area contributed by atoms with E-state index in [1.54, 1.807) is 26.8 Å². The number of halogens is 4. The molecule has 2 atom stereocenters. The second-order valence-electron chi connectivity index (χ2n) is 10.2. The lowest BCUT2D eigenvalue weighted by molar-refractivity contribution is -0.0723. The molecule has 3 aromatic rings. The summed E-state index contributed by atoms with van der Waals surface area (Å²) in [6.07, 6.45) is 3.57. The Hall–Kier alpha value is -3.42. The number of aryl methyl sites for hydroxylation is 1. The molecule has 0 aromatic carbocycles. The van der Waals surface area contributed by atoms with E-state index >= 15 is 0 Å². The molecule has 1 aliphatic carbocycles. The lowest BCUT2D eigenvalue weighted by atomic mass is 9.86. The number of carbonyl (C=O) groups is 2. The summed E-state index contributed by atoms with van der Waals surface area (Å²) in [6.45, 7) is 3.85. The minimum atomic E-state index is -3.24. The summed E-state index contributed by atoms with van der Waals surface area (Å²) in [7, 11) is 0. The minimum Gasteiger partial charge on any atom is -0.444 e. The van der Waals surface area contributed by atoms with Crippen LogP contribution in [0.15, 0.2) is 24.7 Å². The van der Waals surface area contributed by atoms with E-state index in [9.17, 15) is 27.2 Å². The Morgan fingerprint density at radius 3 is 2.64 bits per heavy atom. The van der Waals surface area contributed by atoms with Crippen LogP contribution in [0, 0.1) is 0 Å².